The van der Waals surface area contributed by atoms with E-state index in [2.05, 4.69) is 0 Å². The van der Waals surface area contributed by atoms with Crippen LogP contribution in [0, 0.1) is 5.41 Å². The van der Waals surface area contributed by atoms with E-state index in [4.69, 9.17) is 5.73 Å². The van der Waals surface area contributed by atoms with Crippen molar-refractivity contribution in [3.63, 3.8) is 0 Å². The Balaban J connectivity index is 2.97. The Morgan fingerprint density at radius 1 is 1.15 bits per heavy atom. The highest BCUT2D eigenvalue weighted by Crippen LogP contribution is 2.21. The summed E-state index contributed by atoms with van der Waals surface area (Å²) < 4.78 is 0. The number of carbonyl (C=O) groups excluding carboxylic acids is 1. The molecule has 1 rings (SSSR count). The maximum Gasteiger partial charge on any atom is 0.168 e. The quantitative estimate of drug-likeness (QED) is 0.606. The van der Waals surface area contributed by atoms with Crippen molar-refractivity contribution in [2.24, 2.45) is 5.41 Å². The monoisotopic (exact) mass is 176 g/mol. The average molecular weight is 176 g/mol. The third kappa shape index (κ3) is 2.31. The molecular formula is C11H14NO. The lowest BCUT2D eigenvalue weighted by atomic mass is 9.86. The SMILES string of the molecule is CC(C)(C)C(=O)c1ccc([NH])cc1. The van der Waals surface area contributed by atoms with E-state index in [0.29, 0.717) is 11.3 Å². The molecule has 0 aliphatic rings. The highest BCUT2D eigenvalue weighted by atomic mass is 16.1. The van der Waals surface area contributed by atoms with Gasteiger partial charge >= 0.3 is 0 Å². The maximum atomic E-state index is 11.7. The van der Waals surface area contributed by atoms with E-state index < -0.39 is 0 Å². The number of rotatable bonds is 1. The molecule has 0 aromatic heterocycles. The summed E-state index contributed by atoms with van der Waals surface area (Å²) >= 11 is 0. The first-order valence-electron chi connectivity index (χ1n) is 4.28. The van der Waals surface area contributed by atoms with Crippen molar-refractivity contribution in [2.75, 3.05) is 0 Å². The zero-order chi connectivity index (χ0) is 10.1. The van der Waals surface area contributed by atoms with Gasteiger partial charge in [-0.2, -0.15) is 0 Å². The minimum absolute atomic E-state index is 0.118. The number of nitrogens with one attached hydrogen (secondary N) is 1. The lowest BCUT2D eigenvalue weighted by Gasteiger charge is -2.16. The van der Waals surface area contributed by atoms with E-state index in [1.54, 1.807) is 24.3 Å². The first-order valence-corrected chi connectivity index (χ1v) is 4.28. The van der Waals surface area contributed by atoms with E-state index in [0.717, 1.165) is 0 Å². The molecule has 2 nitrogen and oxygen atoms in total. The van der Waals surface area contributed by atoms with Gasteiger partial charge in [0, 0.05) is 11.0 Å². The van der Waals surface area contributed by atoms with Crippen LogP contribution in [0.2, 0.25) is 0 Å². The van der Waals surface area contributed by atoms with Gasteiger partial charge in [-0.25, -0.2) is 0 Å². The van der Waals surface area contributed by atoms with Gasteiger partial charge in [-0.3, -0.25) is 4.79 Å². The number of Topliss-reactive ketones (excluding diaryl/α,β-unsaturated/α-hetero) is 1. The molecule has 69 valence electrons. The Kier molecular flexibility index (Phi) is 2.41. The molecule has 1 aromatic rings. The summed E-state index contributed by atoms with van der Waals surface area (Å²) in [5, 5.41) is 0. The van der Waals surface area contributed by atoms with E-state index in [1.165, 1.54) is 0 Å². The molecule has 13 heavy (non-hydrogen) atoms. The molecule has 0 heterocycles. The van der Waals surface area contributed by atoms with Crippen LogP contribution < -0.4 is 5.73 Å². The molecule has 0 bridgehead atoms. The van der Waals surface area contributed by atoms with Gasteiger partial charge in [0.05, 0.1) is 5.69 Å². The normalized spacial score (nSPS) is 11.3. The summed E-state index contributed by atoms with van der Waals surface area (Å²) in [6, 6.07) is 6.68. The van der Waals surface area contributed by atoms with Crippen molar-refractivity contribution in [1.82, 2.24) is 5.73 Å². The van der Waals surface area contributed by atoms with Gasteiger partial charge in [-0.1, -0.05) is 20.8 Å². The zero-order valence-electron chi connectivity index (χ0n) is 8.22. The molecule has 0 aliphatic carbocycles. The standard InChI is InChI=1S/C11H14NO/c1-11(2,3)10(13)8-4-6-9(12)7-5-8/h4-7,12H,1-3H3. The fourth-order valence-corrected chi connectivity index (χ4v) is 1.05. The third-order valence-corrected chi connectivity index (χ3v) is 1.83. The van der Waals surface area contributed by atoms with Crippen LogP contribution in [0.4, 0.5) is 5.69 Å². The molecule has 0 aliphatic heterocycles. The molecule has 0 spiro atoms. The second-order valence-electron chi connectivity index (χ2n) is 4.16. The maximum absolute atomic E-state index is 11.7. The Hall–Kier alpha value is -1.31. The molecule has 1 N–H and O–H groups in total. The van der Waals surface area contributed by atoms with Crippen LogP contribution in [0.15, 0.2) is 24.3 Å². The Morgan fingerprint density at radius 3 is 2.00 bits per heavy atom. The van der Waals surface area contributed by atoms with E-state index in [9.17, 15) is 4.79 Å². The van der Waals surface area contributed by atoms with Crippen LogP contribution in [0.3, 0.4) is 0 Å². The fraction of sp³-hybridized carbons (Fsp3) is 0.364. The molecule has 0 unspecified atom stereocenters. The molecule has 2 heteroatoms. The van der Waals surface area contributed by atoms with Crippen LogP contribution in [-0.2, 0) is 0 Å². The number of carbonyl (C=O) groups is 1. The summed E-state index contributed by atoms with van der Waals surface area (Å²) in [6.07, 6.45) is 0. The molecule has 0 saturated heterocycles. The first-order chi connectivity index (χ1) is 5.91. The van der Waals surface area contributed by atoms with E-state index >= 15 is 0 Å². The third-order valence-electron chi connectivity index (χ3n) is 1.83. The summed E-state index contributed by atoms with van der Waals surface area (Å²) in [6.45, 7) is 5.68. The minimum atomic E-state index is -0.344. The molecule has 0 atom stereocenters. The van der Waals surface area contributed by atoms with Gasteiger partial charge in [0.1, 0.15) is 0 Å². The number of benzene rings is 1. The highest BCUT2D eigenvalue weighted by molar-refractivity contribution is 5.99. The van der Waals surface area contributed by atoms with Crippen LogP contribution in [-0.4, -0.2) is 5.78 Å². The molecular weight excluding hydrogens is 162 g/mol. The van der Waals surface area contributed by atoms with Crippen molar-refractivity contribution in [1.29, 1.82) is 0 Å². The lowest BCUT2D eigenvalue weighted by Crippen LogP contribution is -2.19. The summed E-state index contributed by atoms with van der Waals surface area (Å²) in [5.74, 6) is 0.118. The smallest absolute Gasteiger partial charge is 0.168 e. The van der Waals surface area contributed by atoms with Crippen LogP contribution >= 0.6 is 0 Å². The predicted octanol–water partition coefficient (Wildman–Crippen LogP) is 2.83. The van der Waals surface area contributed by atoms with E-state index in [1.807, 2.05) is 20.8 Å². The predicted molar refractivity (Wildman–Crippen MR) is 53.0 cm³/mol. The van der Waals surface area contributed by atoms with Crippen molar-refractivity contribution in [3.05, 3.63) is 29.8 Å². The number of ketones is 1. The first kappa shape index (κ1) is 9.78. The lowest BCUT2D eigenvalue weighted by molar-refractivity contribution is 0.0858. The number of hydrogen-bond donors (Lipinski definition) is 0. The van der Waals surface area contributed by atoms with E-state index in [-0.39, 0.29) is 11.2 Å². The van der Waals surface area contributed by atoms with Crippen molar-refractivity contribution < 1.29 is 4.79 Å². The Bertz CT molecular complexity index is 306. The summed E-state index contributed by atoms with van der Waals surface area (Å²) in [5.41, 5.74) is 8.05. The molecule has 0 fully saturated rings. The van der Waals surface area contributed by atoms with Gasteiger partial charge < -0.3 is 5.73 Å². The second-order valence-corrected chi connectivity index (χ2v) is 4.16. The average Bonchev–Trinajstić information content (AvgIpc) is 2.03. The minimum Gasteiger partial charge on any atom is -0.301 e. The van der Waals surface area contributed by atoms with Crippen molar-refractivity contribution >= 4 is 11.5 Å². The fourth-order valence-electron chi connectivity index (χ4n) is 1.05. The molecule has 1 aromatic carbocycles. The second kappa shape index (κ2) is 3.21. The van der Waals surface area contributed by atoms with Gasteiger partial charge in [0.2, 0.25) is 0 Å². The van der Waals surface area contributed by atoms with Crippen LogP contribution in [0.5, 0.6) is 0 Å². The summed E-state index contributed by atoms with van der Waals surface area (Å²) in [4.78, 5) is 11.7. The summed E-state index contributed by atoms with van der Waals surface area (Å²) in [7, 11) is 0. The van der Waals surface area contributed by atoms with Crippen LogP contribution in [0.25, 0.3) is 0 Å². The topological polar surface area (TPSA) is 40.9 Å². The highest BCUT2D eigenvalue weighted by Gasteiger charge is 2.22. The zero-order valence-corrected chi connectivity index (χ0v) is 8.22. The molecule has 0 saturated carbocycles. The Morgan fingerprint density at radius 2 is 1.62 bits per heavy atom. The van der Waals surface area contributed by atoms with Gasteiger partial charge in [0.15, 0.2) is 5.78 Å². The van der Waals surface area contributed by atoms with Crippen molar-refractivity contribution in [3.8, 4) is 0 Å². The molecule has 0 amide bonds. The van der Waals surface area contributed by atoms with Gasteiger partial charge in [-0.15, -0.1) is 0 Å². The number of hydrogen-bond acceptors (Lipinski definition) is 1. The van der Waals surface area contributed by atoms with Gasteiger partial charge in [-0.05, 0) is 24.3 Å². The van der Waals surface area contributed by atoms with Crippen LogP contribution in [0.1, 0.15) is 31.1 Å². The van der Waals surface area contributed by atoms with Crippen molar-refractivity contribution in [2.45, 2.75) is 20.8 Å². The van der Waals surface area contributed by atoms with Gasteiger partial charge in [0.25, 0.3) is 0 Å². The largest absolute Gasteiger partial charge is 0.301 e. The Labute approximate surface area is 78.8 Å². The molecule has 1 radical (unpaired) electrons.